The van der Waals surface area contributed by atoms with E-state index in [1.54, 1.807) is 7.11 Å². The van der Waals surface area contributed by atoms with Crippen LogP contribution in [-0.4, -0.2) is 43.6 Å². The van der Waals surface area contributed by atoms with Crippen LogP contribution in [0, 0.1) is 10.7 Å². The standard InChI is InChI=1S/C29H31NO5S/c1-31-29-28(36-21-30)27(34-19-24-15-9-4-10-16-24)26(33-18-23-13-7-3-8-14-23)25(35-29)20-32-17-22-11-5-2-6-12-22/h2-16,25-29H,17-20H2,1H3/t25-,26-,27+,28+,29+/m1/s1. The summed E-state index contributed by atoms with van der Waals surface area (Å²) in [6.45, 7) is 1.52. The number of thioether (sulfide) groups is 1. The Hall–Kier alpha value is -2.70. The Bertz CT molecular complexity index is 1060. The molecular weight excluding hydrogens is 474 g/mol. The number of ether oxygens (including phenoxy) is 5. The molecule has 0 spiro atoms. The summed E-state index contributed by atoms with van der Waals surface area (Å²) < 4.78 is 30.9. The van der Waals surface area contributed by atoms with Gasteiger partial charge < -0.3 is 23.7 Å². The molecule has 1 aliphatic rings. The fourth-order valence-corrected chi connectivity index (χ4v) is 4.96. The van der Waals surface area contributed by atoms with E-state index in [9.17, 15) is 5.26 Å². The lowest BCUT2D eigenvalue weighted by Crippen LogP contribution is -2.59. The average Bonchev–Trinajstić information content (AvgIpc) is 2.93. The highest BCUT2D eigenvalue weighted by Crippen LogP contribution is 2.35. The summed E-state index contributed by atoms with van der Waals surface area (Å²) in [5.74, 6) is 0. The number of benzene rings is 3. The topological polar surface area (TPSA) is 69.9 Å². The van der Waals surface area contributed by atoms with Gasteiger partial charge in [0.25, 0.3) is 0 Å². The molecule has 0 amide bonds. The van der Waals surface area contributed by atoms with Crippen LogP contribution in [0.4, 0.5) is 0 Å². The third kappa shape index (κ3) is 7.40. The SMILES string of the molecule is CO[C@H]1O[C@H](COCc2ccccc2)[C@@H](OCc2ccccc2)[C@H](OCc2ccccc2)[C@@H]1SC#N. The van der Waals surface area contributed by atoms with Gasteiger partial charge in [-0.25, -0.2) is 0 Å². The van der Waals surface area contributed by atoms with Crippen LogP contribution in [0.1, 0.15) is 16.7 Å². The Morgan fingerprint density at radius 1 is 0.750 bits per heavy atom. The van der Waals surface area contributed by atoms with Crippen LogP contribution >= 0.6 is 11.8 Å². The molecule has 1 saturated heterocycles. The fourth-order valence-electron chi connectivity index (χ4n) is 4.18. The van der Waals surface area contributed by atoms with Crippen molar-refractivity contribution in [3.63, 3.8) is 0 Å². The molecule has 0 bridgehead atoms. The third-order valence-corrected chi connectivity index (χ3v) is 6.84. The van der Waals surface area contributed by atoms with Crippen LogP contribution in [-0.2, 0) is 43.5 Å². The molecule has 6 nitrogen and oxygen atoms in total. The minimum atomic E-state index is -0.641. The van der Waals surface area contributed by atoms with E-state index in [1.807, 2.05) is 91.0 Å². The first-order valence-corrected chi connectivity index (χ1v) is 12.8. The molecule has 0 saturated carbocycles. The maximum absolute atomic E-state index is 9.54. The summed E-state index contributed by atoms with van der Waals surface area (Å²) in [5.41, 5.74) is 3.16. The first-order valence-electron chi connectivity index (χ1n) is 11.9. The van der Waals surface area contributed by atoms with E-state index in [-0.39, 0.29) is 0 Å². The molecule has 1 fully saturated rings. The van der Waals surface area contributed by atoms with Gasteiger partial charge >= 0.3 is 0 Å². The molecule has 5 atom stereocenters. The van der Waals surface area contributed by atoms with Gasteiger partial charge in [0.05, 0.1) is 31.7 Å². The molecule has 1 aliphatic heterocycles. The zero-order chi connectivity index (χ0) is 25.0. The molecule has 36 heavy (non-hydrogen) atoms. The second-order valence-corrected chi connectivity index (χ2v) is 9.44. The van der Waals surface area contributed by atoms with E-state index in [4.69, 9.17) is 23.7 Å². The Morgan fingerprint density at radius 3 is 1.75 bits per heavy atom. The van der Waals surface area contributed by atoms with E-state index in [0.29, 0.717) is 26.4 Å². The highest BCUT2D eigenvalue weighted by molar-refractivity contribution is 8.04. The van der Waals surface area contributed by atoms with Crippen molar-refractivity contribution in [1.82, 2.24) is 0 Å². The second-order valence-electron chi connectivity index (χ2n) is 8.48. The number of hydrogen-bond acceptors (Lipinski definition) is 7. The lowest BCUT2D eigenvalue weighted by atomic mass is 10.00. The second kappa shape index (κ2) is 14.1. The normalized spacial score (nSPS) is 23.7. The molecule has 3 aromatic rings. The van der Waals surface area contributed by atoms with Crippen LogP contribution in [0.25, 0.3) is 0 Å². The summed E-state index contributed by atoms with van der Waals surface area (Å²) in [6, 6.07) is 29.9. The van der Waals surface area contributed by atoms with Crippen molar-refractivity contribution in [2.45, 2.75) is 49.7 Å². The predicted molar refractivity (Wildman–Crippen MR) is 139 cm³/mol. The van der Waals surface area contributed by atoms with E-state index in [0.717, 1.165) is 28.5 Å². The number of rotatable bonds is 12. The Morgan fingerprint density at radius 2 is 1.25 bits per heavy atom. The minimum absolute atomic E-state index is 0.295. The van der Waals surface area contributed by atoms with Gasteiger partial charge in [-0.15, -0.1) is 0 Å². The van der Waals surface area contributed by atoms with Gasteiger partial charge in [0.15, 0.2) is 6.29 Å². The van der Waals surface area contributed by atoms with Crippen molar-refractivity contribution >= 4 is 11.8 Å². The van der Waals surface area contributed by atoms with Crippen molar-refractivity contribution in [3.05, 3.63) is 108 Å². The molecule has 7 heteroatoms. The first-order chi connectivity index (χ1) is 17.8. The van der Waals surface area contributed by atoms with E-state index in [2.05, 4.69) is 5.40 Å². The number of thiocyanates is 1. The largest absolute Gasteiger partial charge is 0.374 e. The highest BCUT2D eigenvalue weighted by atomic mass is 32.2. The van der Waals surface area contributed by atoms with Crippen LogP contribution in [0.15, 0.2) is 91.0 Å². The van der Waals surface area contributed by atoms with E-state index >= 15 is 0 Å². The van der Waals surface area contributed by atoms with Crippen LogP contribution in [0.3, 0.4) is 0 Å². The average molecular weight is 506 g/mol. The van der Waals surface area contributed by atoms with Gasteiger partial charge in [-0.2, -0.15) is 5.26 Å². The number of nitriles is 1. The zero-order valence-electron chi connectivity index (χ0n) is 20.3. The zero-order valence-corrected chi connectivity index (χ0v) is 21.1. The molecular formula is C29H31NO5S. The van der Waals surface area contributed by atoms with Crippen molar-refractivity contribution in [2.24, 2.45) is 0 Å². The molecule has 0 aliphatic carbocycles. The Kier molecular flexibility index (Phi) is 10.4. The van der Waals surface area contributed by atoms with Gasteiger partial charge in [0.1, 0.15) is 23.7 Å². The van der Waals surface area contributed by atoms with Crippen molar-refractivity contribution in [3.8, 4) is 5.40 Å². The molecule has 188 valence electrons. The number of hydrogen-bond donors (Lipinski definition) is 0. The quantitative estimate of drug-likeness (QED) is 0.308. The highest BCUT2D eigenvalue weighted by Gasteiger charge is 2.48. The number of methoxy groups -OCH3 is 1. The summed E-state index contributed by atoms with van der Waals surface area (Å²) in [5, 5.41) is 11.3. The van der Waals surface area contributed by atoms with Gasteiger partial charge in [-0.3, -0.25) is 0 Å². The molecule has 0 aromatic heterocycles. The first kappa shape index (κ1) is 26.4. The summed E-state index contributed by atoms with van der Waals surface area (Å²) in [4.78, 5) is 0. The molecule has 0 N–H and O–H groups in total. The van der Waals surface area contributed by atoms with Gasteiger partial charge in [-0.1, -0.05) is 91.0 Å². The molecule has 0 radical (unpaired) electrons. The van der Waals surface area contributed by atoms with Crippen LogP contribution in [0.2, 0.25) is 0 Å². The van der Waals surface area contributed by atoms with Gasteiger partial charge in [0.2, 0.25) is 0 Å². The monoisotopic (exact) mass is 505 g/mol. The maximum Gasteiger partial charge on any atom is 0.173 e. The molecule has 3 aromatic carbocycles. The van der Waals surface area contributed by atoms with Crippen LogP contribution < -0.4 is 0 Å². The third-order valence-electron chi connectivity index (χ3n) is 5.98. The van der Waals surface area contributed by atoms with E-state index in [1.165, 1.54) is 0 Å². The maximum atomic E-state index is 9.54. The predicted octanol–water partition coefficient (Wildman–Crippen LogP) is 5.33. The lowest BCUT2D eigenvalue weighted by Gasteiger charge is -2.44. The summed E-state index contributed by atoms with van der Waals surface area (Å²) >= 11 is 1.09. The van der Waals surface area contributed by atoms with Crippen molar-refractivity contribution in [1.29, 1.82) is 5.26 Å². The Balaban J connectivity index is 1.54. The van der Waals surface area contributed by atoms with Crippen LogP contribution in [0.5, 0.6) is 0 Å². The summed E-state index contributed by atoms with van der Waals surface area (Å²) in [7, 11) is 1.58. The summed E-state index contributed by atoms with van der Waals surface area (Å²) in [6.07, 6.45) is -2.01. The van der Waals surface area contributed by atoms with Crippen molar-refractivity contribution < 1.29 is 23.7 Å². The lowest BCUT2D eigenvalue weighted by molar-refractivity contribution is -0.268. The van der Waals surface area contributed by atoms with E-state index < -0.39 is 29.9 Å². The smallest absolute Gasteiger partial charge is 0.173 e. The molecule has 0 unspecified atom stereocenters. The number of nitrogens with zero attached hydrogens (tertiary/aromatic N) is 1. The minimum Gasteiger partial charge on any atom is -0.374 e. The van der Waals surface area contributed by atoms with Gasteiger partial charge in [0, 0.05) is 7.11 Å². The molecule has 4 rings (SSSR count). The fraction of sp³-hybridized carbons (Fsp3) is 0.345. The van der Waals surface area contributed by atoms with Crippen molar-refractivity contribution in [2.75, 3.05) is 13.7 Å². The molecule has 1 heterocycles. The Labute approximate surface area is 217 Å². The van der Waals surface area contributed by atoms with Gasteiger partial charge in [-0.05, 0) is 28.5 Å².